The smallest absolute Gasteiger partial charge is 0.161 e. The van der Waals surface area contributed by atoms with Crippen LogP contribution >= 0.6 is 0 Å². The zero-order valence-corrected chi connectivity index (χ0v) is 14.7. The molecule has 0 aliphatic carbocycles. The Morgan fingerprint density at radius 1 is 1.12 bits per heavy atom. The lowest BCUT2D eigenvalue weighted by atomic mass is 10.2. The van der Waals surface area contributed by atoms with Gasteiger partial charge in [0, 0.05) is 61.7 Å². The Morgan fingerprint density at radius 2 is 1.92 bits per heavy atom. The first-order chi connectivity index (χ1) is 12.2. The minimum Gasteiger partial charge on any atom is -0.385 e. The summed E-state index contributed by atoms with van der Waals surface area (Å²) >= 11 is 0. The van der Waals surface area contributed by atoms with E-state index in [1.54, 1.807) is 19.5 Å². The molecule has 0 unspecified atom stereocenters. The predicted octanol–water partition coefficient (Wildman–Crippen LogP) is 3.13. The molecule has 1 N–H and O–H groups in total. The van der Waals surface area contributed by atoms with E-state index in [1.807, 2.05) is 42.9 Å². The second-order valence-corrected chi connectivity index (χ2v) is 5.78. The molecule has 7 heteroatoms. The van der Waals surface area contributed by atoms with Crippen molar-refractivity contribution in [2.75, 3.05) is 19.0 Å². The first-order valence-corrected chi connectivity index (χ1v) is 8.22. The van der Waals surface area contributed by atoms with Crippen molar-refractivity contribution in [3.63, 3.8) is 0 Å². The van der Waals surface area contributed by atoms with E-state index in [1.165, 1.54) is 0 Å². The maximum Gasteiger partial charge on any atom is 0.161 e. The number of methoxy groups -OCH3 is 1. The Hall–Kier alpha value is -2.80. The topological polar surface area (TPSA) is 77.8 Å². The Morgan fingerprint density at radius 3 is 2.68 bits per heavy atom. The fourth-order valence-electron chi connectivity index (χ4n) is 2.43. The molecule has 130 valence electrons. The van der Waals surface area contributed by atoms with Crippen molar-refractivity contribution in [2.24, 2.45) is 0 Å². The van der Waals surface area contributed by atoms with Gasteiger partial charge in [-0.25, -0.2) is 9.97 Å². The summed E-state index contributed by atoms with van der Waals surface area (Å²) in [7, 11) is 1.71. The predicted molar refractivity (Wildman–Crippen MR) is 96.7 cm³/mol. The van der Waals surface area contributed by atoms with Gasteiger partial charge in [0.05, 0.1) is 0 Å². The molecule has 25 heavy (non-hydrogen) atoms. The molecular weight excluding hydrogens is 316 g/mol. The summed E-state index contributed by atoms with van der Waals surface area (Å²) in [6.45, 7) is 5.53. The average molecular weight is 338 g/mol. The van der Waals surface area contributed by atoms with Crippen LogP contribution < -0.4 is 5.32 Å². The fraction of sp³-hybridized carbons (Fsp3) is 0.333. The van der Waals surface area contributed by atoms with Crippen molar-refractivity contribution in [1.29, 1.82) is 0 Å². The Labute approximate surface area is 147 Å². The molecule has 0 atom stereocenters. The Kier molecular flexibility index (Phi) is 5.35. The molecule has 0 saturated heterocycles. The lowest BCUT2D eigenvalue weighted by Crippen LogP contribution is -2.05. The number of ether oxygens (including phenoxy) is 1. The van der Waals surface area contributed by atoms with E-state index in [2.05, 4.69) is 25.4 Å². The van der Waals surface area contributed by atoms with Gasteiger partial charge in [-0.3, -0.25) is 9.67 Å². The summed E-state index contributed by atoms with van der Waals surface area (Å²) in [5.41, 5.74) is 2.88. The first-order valence-electron chi connectivity index (χ1n) is 8.22. The van der Waals surface area contributed by atoms with Crippen LogP contribution in [0.4, 0.5) is 11.6 Å². The molecule has 3 rings (SSSR count). The van der Waals surface area contributed by atoms with Crippen LogP contribution in [0, 0.1) is 13.8 Å². The maximum absolute atomic E-state index is 5.07. The van der Waals surface area contributed by atoms with E-state index in [0.29, 0.717) is 5.82 Å². The van der Waals surface area contributed by atoms with Gasteiger partial charge in [0.25, 0.3) is 0 Å². The van der Waals surface area contributed by atoms with Crippen LogP contribution in [-0.2, 0) is 11.3 Å². The fourth-order valence-corrected chi connectivity index (χ4v) is 2.43. The number of nitrogens with one attached hydrogen (secondary N) is 1. The van der Waals surface area contributed by atoms with Gasteiger partial charge in [-0.15, -0.1) is 0 Å². The lowest BCUT2D eigenvalue weighted by molar-refractivity contribution is 0.189. The highest BCUT2D eigenvalue weighted by atomic mass is 16.5. The van der Waals surface area contributed by atoms with Gasteiger partial charge >= 0.3 is 0 Å². The number of anilines is 2. The molecule has 0 bridgehead atoms. The second kappa shape index (κ2) is 7.85. The van der Waals surface area contributed by atoms with Gasteiger partial charge in [0.2, 0.25) is 0 Å². The van der Waals surface area contributed by atoms with Crippen molar-refractivity contribution in [2.45, 2.75) is 26.8 Å². The number of aryl methyl sites for hydroxylation is 2. The van der Waals surface area contributed by atoms with E-state index in [4.69, 9.17) is 4.74 Å². The van der Waals surface area contributed by atoms with Gasteiger partial charge in [-0.1, -0.05) is 0 Å². The van der Waals surface area contributed by atoms with Gasteiger partial charge in [0.1, 0.15) is 5.82 Å². The quantitative estimate of drug-likeness (QED) is 0.667. The number of hydrogen-bond donors (Lipinski definition) is 1. The molecule has 3 heterocycles. The summed E-state index contributed by atoms with van der Waals surface area (Å²) in [4.78, 5) is 13.3. The number of rotatable bonds is 7. The molecular formula is C18H22N6O. The SMILES string of the molecule is COCCCn1ccc(Nc2nc(-c3ccncc3)nc(C)c2C)n1. The van der Waals surface area contributed by atoms with Gasteiger partial charge < -0.3 is 10.1 Å². The molecule has 3 aromatic rings. The third kappa shape index (κ3) is 4.19. The third-order valence-electron chi connectivity index (χ3n) is 3.95. The molecule has 0 saturated carbocycles. The summed E-state index contributed by atoms with van der Waals surface area (Å²) < 4.78 is 6.97. The summed E-state index contributed by atoms with van der Waals surface area (Å²) in [6.07, 6.45) is 6.35. The summed E-state index contributed by atoms with van der Waals surface area (Å²) in [6, 6.07) is 5.74. The Bertz CT molecular complexity index is 831. The van der Waals surface area contributed by atoms with Crippen LogP contribution in [0.3, 0.4) is 0 Å². The van der Waals surface area contributed by atoms with E-state index in [-0.39, 0.29) is 0 Å². The van der Waals surface area contributed by atoms with Crippen LogP contribution in [0.25, 0.3) is 11.4 Å². The van der Waals surface area contributed by atoms with Crippen LogP contribution in [0.1, 0.15) is 17.7 Å². The maximum atomic E-state index is 5.07. The molecule has 0 aromatic carbocycles. The van der Waals surface area contributed by atoms with Crippen LogP contribution in [-0.4, -0.2) is 38.4 Å². The van der Waals surface area contributed by atoms with Crippen molar-refractivity contribution in [3.8, 4) is 11.4 Å². The van der Waals surface area contributed by atoms with Crippen molar-refractivity contribution in [1.82, 2.24) is 24.7 Å². The van der Waals surface area contributed by atoms with Crippen LogP contribution in [0.5, 0.6) is 0 Å². The zero-order valence-electron chi connectivity index (χ0n) is 14.7. The first kappa shape index (κ1) is 17.0. The second-order valence-electron chi connectivity index (χ2n) is 5.78. The van der Waals surface area contributed by atoms with E-state index < -0.39 is 0 Å². The average Bonchev–Trinajstić information content (AvgIpc) is 3.07. The van der Waals surface area contributed by atoms with Crippen molar-refractivity contribution < 1.29 is 4.74 Å². The number of hydrogen-bond acceptors (Lipinski definition) is 6. The third-order valence-corrected chi connectivity index (χ3v) is 3.95. The molecule has 0 spiro atoms. The van der Waals surface area contributed by atoms with E-state index in [9.17, 15) is 0 Å². The highest BCUT2D eigenvalue weighted by Crippen LogP contribution is 2.23. The molecule has 0 aliphatic heterocycles. The zero-order chi connectivity index (χ0) is 17.6. The standard InChI is InChI=1S/C18H22N6O/c1-13-14(2)20-18(15-5-8-19-9-6-15)22-17(13)21-16-7-11-24(23-16)10-4-12-25-3/h5-9,11H,4,10,12H2,1-3H3,(H,20,21,22,23). The van der Waals surface area contributed by atoms with Gasteiger partial charge in [-0.05, 0) is 32.4 Å². The normalized spacial score (nSPS) is 10.8. The van der Waals surface area contributed by atoms with Crippen molar-refractivity contribution >= 4 is 11.6 Å². The molecule has 7 nitrogen and oxygen atoms in total. The number of pyridine rings is 1. The minimum absolute atomic E-state index is 0.674. The summed E-state index contributed by atoms with van der Waals surface area (Å²) in [5, 5.41) is 7.83. The van der Waals surface area contributed by atoms with Gasteiger partial charge in [-0.2, -0.15) is 5.10 Å². The largest absolute Gasteiger partial charge is 0.385 e. The molecule has 0 aliphatic rings. The van der Waals surface area contributed by atoms with Crippen LogP contribution in [0.2, 0.25) is 0 Å². The summed E-state index contributed by atoms with van der Waals surface area (Å²) in [5.74, 6) is 2.20. The van der Waals surface area contributed by atoms with E-state index >= 15 is 0 Å². The van der Waals surface area contributed by atoms with Gasteiger partial charge in [0.15, 0.2) is 11.6 Å². The molecule has 0 amide bonds. The highest BCUT2D eigenvalue weighted by molar-refractivity contribution is 5.62. The monoisotopic (exact) mass is 338 g/mol. The molecule has 0 radical (unpaired) electrons. The van der Waals surface area contributed by atoms with E-state index in [0.717, 1.165) is 48.0 Å². The number of aromatic nitrogens is 5. The van der Waals surface area contributed by atoms with Crippen molar-refractivity contribution in [3.05, 3.63) is 48.0 Å². The Balaban J connectivity index is 1.81. The minimum atomic E-state index is 0.674. The molecule has 3 aromatic heterocycles. The van der Waals surface area contributed by atoms with Crippen LogP contribution in [0.15, 0.2) is 36.8 Å². The molecule has 0 fully saturated rings. The highest BCUT2D eigenvalue weighted by Gasteiger charge is 2.11. The number of nitrogens with zero attached hydrogens (tertiary/aromatic N) is 5. The lowest BCUT2D eigenvalue weighted by Gasteiger charge is -2.11.